The normalized spacial score (nSPS) is 15.0. The first kappa shape index (κ1) is 31.2. The molecule has 1 aliphatic heterocycles. The van der Waals surface area contributed by atoms with Gasteiger partial charge in [0.05, 0.1) is 0 Å². The van der Waals surface area contributed by atoms with Gasteiger partial charge in [0.2, 0.25) is 5.91 Å². The molecule has 1 atom stereocenters. The summed E-state index contributed by atoms with van der Waals surface area (Å²) in [7, 11) is 0. The molecule has 0 aliphatic carbocycles. The van der Waals surface area contributed by atoms with Gasteiger partial charge in [0.1, 0.15) is 0 Å². The number of amides is 2. The van der Waals surface area contributed by atoms with Crippen LogP contribution in [0, 0.1) is 20.8 Å². The SMILES string of the molecule is Cc1ccncc1CN(c1ccccc1)C1CCN(C(C)CCNC(=O)c2c(C)cc(C(N)=O)c(C(C)C)c2C)CC1. The summed E-state index contributed by atoms with van der Waals surface area (Å²) in [5.41, 5.74) is 13.1. The maximum Gasteiger partial charge on any atom is 0.251 e. The van der Waals surface area contributed by atoms with Crippen LogP contribution in [-0.2, 0) is 6.54 Å². The highest BCUT2D eigenvalue weighted by molar-refractivity contribution is 6.01. The molecule has 1 saturated heterocycles. The lowest BCUT2D eigenvalue weighted by molar-refractivity contribution is 0.0941. The van der Waals surface area contributed by atoms with Crippen molar-refractivity contribution < 1.29 is 9.59 Å². The van der Waals surface area contributed by atoms with Crippen molar-refractivity contribution in [3.8, 4) is 0 Å². The quantitative estimate of drug-likeness (QED) is 0.300. The third kappa shape index (κ3) is 7.19. The third-order valence-electron chi connectivity index (χ3n) is 8.88. The molecule has 7 nitrogen and oxygen atoms in total. The van der Waals surface area contributed by atoms with Crippen LogP contribution in [0.2, 0.25) is 0 Å². The molecule has 3 aromatic rings. The lowest BCUT2D eigenvalue weighted by Crippen LogP contribution is -2.48. The molecule has 2 heterocycles. The molecule has 2 aromatic carbocycles. The van der Waals surface area contributed by atoms with E-state index in [0.717, 1.165) is 55.6 Å². The summed E-state index contributed by atoms with van der Waals surface area (Å²) in [5, 5.41) is 3.15. The number of pyridine rings is 1. The number of aromatic nitrogens is 1. The topological polar surface area (TPSA) is 91.6 Å². The molecule has 3 N–H and O–H groups in total. The van der Waals surface area contributed by atoms with Crippen LogP contribution in [0.1, 0.15) is 94.5 Å². The van der Waals surface area contributed by atoms with E-state index in [1.165, 1.54) is 16.8 Å². The summed E-state index contributed by atoms with van der Waals surface area (Å²) >= 11 is 0. The molecule has 1 aromatic heterocycles. The highest BCUT2D eigenvalue weighted by atomic mass is 16.2. The number of hydrogen-bond donors (Lipinski definition) is 2. The number of anilines is 1. The predicted molar refractivity (Wildman–Crippen MR) is 171 cm³/mol. The van der Waals surface area contributed by atoms with Crippen molar-refractivity contribution >= 4 is 17.5 Å². The van der Waals surface area contributed by atoms with E-state index in [1.807, 2.05) is 40.1 Å². The van der Waals surface area contributed by atoms with E-state index in [2.05, 4.69) is 70.3 Å². The average Bonchev–Trinajstić information content (AvgIpc) is 2.96. The van der Waals surface area contributed by atoms with E-state index in [9.17, 15) is 9.59 Å². The molecule has 0 spiro atoms. The summed E-state index contributed by atoms with van der Waals surface area (Å²) < 4.78 is 0. The Hall–Kier alpha value is -3.71. The summed E-state index contributed by atoms with van der Waals surface area (Å²) in [4.78, 5) is 34.8. The Labute approximate surface area is 251 Å². The number of primary amides is 1. The fourth-order valence-corrected chi connectivity index (χ4v) is 6.50. The summed E-state index contributed by atoms with van der Waals surface area (Å²) in [6, 6.07) is 15.4. The van der Waals surface area contributed by atoms with Gasteiger partial charge >= 0.3 is 0 Å². The number of carbonyl (C=O) groups excluding carboxylic acids is 2. The molecule has 224 valence electrons. The van der Waals surface area contributed by atoms with Gasteiger partial charge < -0.3 is 20.9 Å². The van der Waals surface area contributed by atoms with Gasteiger partial charge in [0.15, 0.2) is 0 Å². The first-order chi connectivity index (χ1) is 20.1. The van der Waals surface area contributed by atoms with Crippen LogP contribution >= 0.6 is 0 Å². The molecule has 0 radical (unpaired) electrons. The zero-order chi connectivity index (χ0) is 30.4. The van der Waals surface area contributed by atoms with Gasteiger partial charge in [-0.15, -0.1) is 0 Å². The van der Waals surface area contributed by atoms with Crippen molar-refractivity contribution in [3.05, 3.63) is 93.8 Å². The first-order valence-corrected chi connectivity index (χ1v) is 15.3. The number of nitrogens with one attached hydrogen (secondary N) is 1. The molecule has 1 aliphatic rings. The number of para-hydroxylation sites is 1. The number of aryl methyl sites for hydroxylation is 2. The van der Waals surface area contributed by atoms with E-state index in [-0.39, 0.29) is 11.8 Å². The van der Waals surface area contributed by atoms with Crippen molar-refractivity contribution in [1.29, 1.82) is 0 Å². The number of nitrogens with two attached hydrogens (primary N) is 1. The fourth-order valence-electron chi connectivity index (χ4n) is 6.50. The molecular formula is C35H47N5O2. The minimum absolute atomic E-state index is 0.0852. The van der Waals surface area contributed by atoms with E-state index >= 15 is 0 Å². The molecular weight excluding hydrogens is 522 g/mol. The predicted octanol–water partition coefficient (Wildman–Crippen LogP) is 5.91. The van der Waals surface area contributed by atoms with Crippen LogP contribution in [-0.4, -0.2) is 53.4 Å². The second-order valence-electron chi connectivity index (χ2n) is 12.1. The van der Waals surface area contributed by atoms with Crippen LogP contribution in [0.3, 0.4) is 0 Å². The minimum Gasteiger partial charge on any atom is -0.366 e. The van der Waals surface area contributed by atoms with E-state index in [0.29, 0.717) is 29.8 Å². The second kappa shape index (κ2) is 14.0. The summed E-state index contributed by atoms with van der Waals surface area (Å²) in [6.45, 7) is 15.8. The van der Waals surface area contributed by atoms with Crippen LogP contribution in [0.15, 0.2) is 54.9 Å². The Morgan fingerprint density at radius 1 is 1.05 bits per heavy atom. The van der Waals surface area contributed by atoms with Crippen molar-refractivity contribution in [2.24, 2.45) is 5.73 Å². The Kier molecular flexibility index (Phi) is 10.4. The van der Waals surface area contributed by atoms with Gasteiger partial charge in [0, 0.05) is 67.5 Å². The maximum absolute atomic E-state index is 13.3. The van der Waals surface area contributed by atoms with Crippen LogP contribution in [0.25, 0.3) is 0 Å². The van der Waals surface area contributed by atoms with Gasteiger partial charge in [-0.2, -0.15) is 0 Å². The van der Waals surface area contributed by atoms with E-state index < -0.39 is 5.91 Å². The molecule has 1 unspecified atom stereocenters. The van der Waals surface area contributed by atoms with Crippen molar-refractivity contribution in [1.82, 2.24) is 15.2 Å². The lowest BCUT2D eigenvalue weighted by Gasteiger charge is -2.42. The van der Waals surface area contributed by atoms with Crippen molar-refractivity contribution in [2.45, 2.75) is 85.4 Å². The minimum atomic E-state index is -0.450. The molecule has 0 saturated carbocycles. The smallest absolute Gasteiger partial charge is 0.251 e. The van der Waals surface area contributed by atoms with Gasteiger partial charge in [-0.1, -0.05) is 32.0 Å². The molecule has 1 fully saturated rings. The zero-order valence-electron chi connectivity index (χ0n) is 26.1. The zero-order valence-corrected chi connectivity index (χ0v) is 26.1. The highest BCUT2D eigenvalue weighted by Crippen LogP contribution is 2.30. The van der Waals surface area contributed by atoms with Gasteiger partial charge in [-0.25, -0.2) is 0 Å². The summed E-state index contributed by atoms with van der Waals surface area (Å²) in [6.07, 6.45) is 6.91. The van der Waals surface area contributed by atoms with Crippen molar-refractivity contribution in [2.75, 3.05) is 24.5 Å². The summed E-state index contributed by atoms with van der Waals surface area (Å²) in [5.74, 6) is -0.444. The molecule has 4 rings (SSSR count). The van der Waals surface area contributed by atoms with Crippen LogP contribution < -0.4 is 16.0 Å². The largest absolute Gasteiger partial charge is 0.366 e. The number of hydrogen-bond acceptors (Lipinski definition) is 5. The monoisotopic (exact) mass is 569 g/mol. The Bertz CT molecular complexity index is 1380. The Morgan fingerprint density at radius 3 is 2.36 bits per heavy atom. The number of rotatable bonds is 11. The van der Waals surface area contributed by atoms with E-state index in [4.69, 9.17) is 5.73 Å². The number of nitrogens with zero attached hydrogens (tertiary/aromatic N) is 3. The molecule has 2 amide bonds. The second-order valence-corrected chi connectivity index (χ2v) is 12.1. The Balaban J connectivity index is 1.35. The third-order valence-corrected chi connectivity index (χ3v) is 8.88. The molecule has 42 heavy (non-hydrogen) atoms. The number of likely N-dealkylation sites (tertiary alicyclic amines) is 1. The van der Waals surface area contributed by atoms with Gasteiger partial charge in [0.25, 0.3) is 5.91 Å². The lowest BCUT2D eigenvalue weighted by atomic mass is 9.86. The van der Waals surface area contributed by atoms with Gasteiger partial charge in [-0.05, 0) is 105 Å². The highest BCUT2D eigenvalue weighted by Gasteiger charge is 2.28. The fraction of sp³-hybridized carbons (Fsp3) is 0.457. The molecule has 0 bridgehead atoms. The van der Waals surface area contributed by atoms with Crippen molar-refractivity contribution in [3.63, 3.8) is 0 Å². The average molecular weight is 570 g/mol. The number of carbonyl (C=O) groups is 2. The Morgan fingerprint density at radius 2 is 1.74 bits per heavy atom. The maximum atomic E-state index is 13.3. The van der Waals surface area contributed by atoms with Crippen LogP contribution in [0.4, 0.5) is 5.69 Å². The van der Waals surface area contributed by atoms with Crippen LogP contribution in [0.5, 0.6) is 0 Å². The first-order valence-electron chi connectivity index (χ1n) is 15.3. The van der Waals surface area contributed by atoms with E-state index in [1.54, 1.807) is 6.07 Å². The standard InChI is InChI=1S/C35H47N5O2/c1-23(2)32-27(6)33(25(4)20-31(32)34(36)41)35(42)38-17-13-26(5)39-18-14-30(15-19-39)40(29-10-8-7-9-11-29)22-28-21-37-16-12-24(28)3/h7-12,16,20-21,23,26,30H,13-15,17-19,22H2,1-6H3,(H2,36,41)(H,38,42). The van der Waals surface area contributed by atoms with Gasteiger partial charge in [-0.3, -0.25) is 14.6 Å². The number of piperidine rings is 1. The molecule has 7 heteroatoms. The number of benzene rings is 2.